The van der Waals surface area contributed by atoms with Gasteiger partial charge in [0.05, 0.1) is 4.90 Å². The van der Waals surface area contributed by atoms with Gasteiger partial charge in [-0.05, 0) is 36.6 Å². The Kier molecular flexibility index (Phi) is 5.47. The van der Waals surface area contributed by atoms with Crippen molar-refractivity contribution in [3.05, 3.63) is 29.3 Å². The van der Waals surface area contributed by atoms with Crippen molar-refractivity contribution in [1.82, 2.24) is 9.62 Å². The highest BCUT2D eigenvalue weighted by Gasteiger charge is 2.39. The summed E-state index contributed by atoms with van der Waals surface area (Å²) in [5, 5.41) is 3.37. The first-order valence-corrected chi connectivity index (χ1v) is 9.19. The van der Waals surface area contributed by atoms with Gasteiger partial charge in [-0.1, -0.05) is 24.9 Å². The van der Waals surface area contributed by atoms with Gasteiger partial charge < -0.3 is 5.32 Å². The summed E-state index contributed by atoms with van der Waals surface area (Å²) in [6.45, 7) is 4.26. The highest BCUT2D eigenvalue weighted by atomic mass is 35.5. The Balaban J connectivity index is 2.21. The average Bonchev–Trinajstić information content (AvgIpc) is 2.83. The van der Waals surface area contributed by atoms with E-state index in [1.807, 2.05) is 0 Å². The number of hydrogen-bond acceptors (Lipinski definition) is 3. The third-order valence-electron chi connectivity index (χ3n) is 3.91. The van der Waals surface area contributed by atoms with Crippen LogP contribution in [0.2, 0.25) is 5.02 Å². The maximum Gasteiger partial charge on any atom is 0.243 e. The summed E-state index contributed by atoms with van der Waals surface area (Å²) in [5.41, 5.74) is 0. The van der Waals surface area contributed by atoms with E-state index >= 15 is 0 Å². The molecule has 0 bridgehead atoms. The van der Waals surface area contributed by atoms with Crippen LogP contribution in [-0.2, 0) is 14.8 Å². The van der Waals surface area contributed by atoms with Gasteiger partial charge in [0.15, 0.2) is 0 Å². The van der Waals surface area contributed by atoms with Crippen LogP contribution in [0.15, 0.2) is 29.2 Å². The van der Waals surface area contributed by atoms with Crippen LogP contribution in [0.25, 0.3) is 0 Å². The second-order valence-corrected chi connectivity index (χ2v) is 8.01. The number of carbonyl (C=O) groups excluding carboxylic acids is 1. The Morgan fingerprint density at radius 3 is 2.50 bits per heavy atom. The van der Waals surface area contributed by atoms with Gasteiger partial charge in [0, 0.05) is 31.1 Å². The van der Waals surface area contributed by atoms with Crippen LogP contribution in [0.5, 0.6) is 0 Å². The topological polar surface area (TPSA) is 66.5 Å². The smallest absolute Gasteiger partial charge is 0.243 e. The summed E-state index contributed by atoms with van der Waals surface area (Å²) < 4.78 is 26.8. The third-order valence-corrected chi connectivity index (χ3v) is 6.00. The molecule has 2 atom stereocenters. The molecule has 1 fully saturated rings. The molecule has 0 saturated carbocycles. The Bertz CT molecular complexity index is 631. The molecule has 5 nitrogen and oxygen atoms in total. The van der Waals surface area contributed by atoms with Gasteiger partial charge in [0.25, 0.3) is 0 Å². The van der Waals surface area contributed by atoms with Crippen molar-refractivity contribution in [2.45, 2.75) is 37.6 Å². The van der Waals surface area contributed by atoms with Gasteiger partial charge >= 0.3 is 0 Å². The zero-order chi connectivity index (χ0) is 16.3. The zero-order valence-electron chi connectivity index (χ0n) is 12.8. The number of nitrogens with zero attached hydrogens (tertiary/aromatic N) is 1. The van der Waals surface area contributed by atoms with E-state index < -0.39 is 10.0 Å². The second kappa shape index (κ2) is 6.98. The van der Waals surface area contributed by atoms with Crippen molar-refractivity contribution >= 4 is 27.5 Å². The van der Waals surface area contributed by atoms with Crippen LogP contribution >= 0.6 is 11.6 Å². The number of sulfonamides is 1. The van der Waals surface area contributed by atoms with Gasteiger partial charge in [-0.3, -0.25) is 4.79 Å². The Hall–Kier alpha value is -1.11. The first-order chi connectivity index (χ1) is 10.3. The molecule has 22 heavy (non-hydrogen) atoms. The number of rotatable bonds is 5. The molecule has 1 saturated heterocycles. The van der Waals surface area contributed by atoms with E-state index in [0.717, 1.165) is 12.8 Å². The van der Waals surface area contributed by atoms with E-state index in [4.69, 9.17) is 11.6 Å². The van der Waals surface area contributed by atoms with Crippen LogP contribution in [0.1, 0.15) is 26.7 Å². The maximum atomic E-state index is 12.7. The van der Waals surface area contributed by atoms with Crippen LogP contribution in [0.3, 0.4) is 0 Å². The summed E-state index contributed by atoms with van der Waals surface area (Å²) in [6.07, 6.45) is 1.84. The van der Waals surface area contributed by atoms with Crippen molar-refractivity contribution < 1.29 is 13.2 Å². The van der Waals surface area contributed by atoms with Crippen molar-refractivity contribution in [3.63, 3.8) is 0 Å². The second-order valence-electron chi connectivity index (χ2n) is 5.63. The normalized spacial score (nSPS) is 22.7. The van der Waals surface area contributed by atoms with Gasteiger partial charge in [0.1, 0.15) is 0 Å². The number of amides is 1. The minimum absolute atomic E-state index is 0.125. The molecular formula is C15H21ClN2O3S. The standard InChI is InChI=1S/C15H21ClN2O3S/c1-3-4-12-9-18(10-15(12)17-11(2)19)22(20,21)14-7-5-13(16)6-8-14/h5-8,12,15H,3-4,9-10H2,1-2H3,(H,17,19)/t12-,15-/m0/s1. The van der Waals surface area contributed by atoms with E-state index in [1.54, 1.807) is 12.1 Å². The van der Waals surface area contributed by atoms with E-state index in [9.17, 15) is 13.2 Å². The lowest BCUT2D eigenvalue weighted by molar-refractivity contribution is -0.119. The van der Waals surface area contributed by atoms with Gasteiger partial charge in [-0.15, -0.1) is 0 Å². The molecule has 1 aliphatic rings. The molecule has 0 aliphatic carbocycles. The molecule has 1 aromatic rings. The number of halogens is 1. The quantitative estimate of drug-likeness (QED) is 0.891. The monoisotopic (exact) mass is 344 g/mol. The molecule has 1 N–H and O–H groups in total. The lowest BCUT2D eigenvalue weighted by Crippen LogP contribution is -2.39. The average molecular weight is 345 g/mol. The molecule has 1 aliphatic heterocycles. The van der Waals surface area contributed by atoms with Crippen molar-refractivity contribution in [2.75, 3.05) is 13.1 Å². The largest absolute Gasteiger partial charge is 0.352 e. The summed E-state index contributed by atoms with van der Waals surface area (Å²) >= 11 is 5.81. The van der Waals surface area contributed by atoms with Crippen molar-refractivity contribution in [1.29, 1.82) is 0 Å². The molecule has 0 unspecified atom stereocenters. The minimum atomic E-state index is -3.55. The lowest BCUT2D eigenvalue weighted by Gasteiger charge is -2.17. The van der Waals surface area contributed by atoms with E-state index in [2.05, 4.69) is 12.2 Å². The molecule has 0 aromatic heterocycles. The predicted octanol–water partition coefficient (Wildman–Crippen LogP) is 2.27. The first-order valence-electron chi connectivity index (χ1n) is 7.37. The highest BCUT2D eigenvalue weighted by molar-refractivity contribution is 7.89. The van der Waals surface area contributed by atoms with E-state index in [-0.39, 0.29) is 22.8 Å². The number of nitrogens with one attached hydrogen (secondary N) is 1. The van der Waals surface area contributed by atoms with Gasteiger partial charge in [0.2, 0.25) is 15.9 Å². The zero-order valence-corrected chi connectivity index (χ0v) is 14.3. The molecule has 1 heterocycles. The molecule has 122 valence electrons. The molecule has 2 rings (SSSR count). The van der Waals surface area contributed by atoms with Gasteiger partial charge in [-0.2, -0.15) is 4.31 Å². The van der Waals surface area contributed by atoms with Crippen LogP contribution in [-0.4, -0.2) is 37.8 Å². The summed E-state index contributed by atoms with van der Waals surface area (Å²) in [4.78, 5) is 11.6. The van der Waals surface area contributed by atoms with Crippen LogP contribution < -0.4 is 5.32 Å². The minimum Gasteiger partial charge on any atom is -0.352 e. The number of carbonyl (C=O) groups is 1. The van der Waals surface area contributed by atoms with Crippen molar-refractivity contribution in [3.8, 4) is 0 Å². The maximum absolute atomic E-state index is 12.7. The summed E-state index contributed by atoms with van der Waals surface area (Å²) in [7, 11) is -3.55. The third kappa shape index (κ3) is 3.80. The Morgan fingerprint density at radius 2 is 1.95 bits per heavy atom. The fourth-order valence-corrected chi connectivity index (χ4v) is 4.52. The Labute approximate surface area is 136 Å². The number of benzene rings is 1. The van der Waals surface area contributed by atoms with Crippen LogP contribution in [0.4, 0.5) is 0 Å². The number of hydrogen-bond donors (Lipinski definition) is 1. The van der Waals surface area contributed by atoms with E-state index in [1.165, 1.54) is 23.4 Å². The fraction of sp³-hybridized carbons (Fsp3) is 0.533. The summed E-state index contributed by atoms with van der Waals surface area (Å²) in [5.74, 6) is 0.0211. The van der Waals surface area contributed by atoms with Gasteiger partial charge in [-0.25, -0.2) is 8.42 Å². The SMILES string of the molecule is CCC[C@H]1CN(S(=O)(=O)c2ccc(Cl)cc2)C[C@@H]1NC(C)=O. The molecule has 0 radical (unpaired) electrons. The molecule has 7 heteroatoms. The van der Waals surface area contributed by atoms with E-state index in [0.29, 0.717) is 18.1 Å². The Morgan fingerprint density at radius 1 is 1.32 bits per heavy atom. The summed E-state index contributed by atoms with van der Waals surface area (Å²) in [6, 6.07) is 6.04. The lowest BCUT2D eigenvalue weighted by atomic mass is 9.98. The highest BCUT2D eigenvalue weighted by Crippen LogP contribution is 2.28. The molecule has 1 aromatic carbocycles. The fourth-order valence-electron chi connectivity index (χ4n) is 2.87. The van der Waals surface area contributed by atoms with Crippen molar-refractivity contribution in [2.24, 2.45) is 5.92 Å². The predicted molar refractivity (Wildman–Crippen MR) is 86.2 cm³/mol. The molecular weight excluding hydrogens is 324 g/mol. The molecule has 0 spiro atoms. The first kappa shape index (κ1) is 17.2. The molecule has 1 amide bonds. The van der Waals surface area contributed by atoms with Crippen LogP contribution in [0, 0.1) is 5.92 Å².